The van der Waals surface area contributed by atoms with Gasteiger partial charge in [-0.25, -0.2) is 0 Å². The number of rotatable bonds is 0. The van der Waals surface area contributed by atoms with Gasteiger partial charge in [0.15, 0.2) is 0 Å². The number of hydrogen-bond donors (Lipinski definition) is 0. The van der Waals surface area contributed by atoms with E-state index < -0.39 is 10.2 Å². The second-order valence-electron chi connectivity index (χ2n) is 7.72. The Bertz CT molecular complexity index is 1600. The molecule has 209 valence electrons. The van der Waals surface area contributed by atoms with Gasteiger partial charge in [0.1, 0.15) is 0 Å². The number of benzene rings is 4. The first kappa shape index (κ1) is 31.7. The molecule has 1 heterocycles. The van der Waals surface area contributed by atoms with Crippen LogP contribution in [0.5, 0.6) is 0 Å². The van der Waals surface area contributed by atoms with Crippen molar-refractivity contribution in [3.63, 3.8) is 0 Å². The van der Waals surface area contributed by atoms with E-state index in [1.54, 1.807) is 0 Å². The normalized spacial score (nSPS) is 15.1. The van der Waals surface area contributed by atoms with Crippen LogP contribution in [0.3, 0.4) is 0 Å². The van der Waals surface area contributed by atoms with Crippen molar-refractivity contribution in [1.29, 1.82) is 0 Å². The molecule has 1 aliphatic rings. The Balaban J connectivity index is 0.000000583. The van der Waals surface area contributed by atoms with Crippen LogP contribution in [-0.4, -0.2) is 10.2 Å². The summed E-state index contributed by atoms with van der Waals surface area (Å²) in [5.41, 5.74) is 0. The zero-order chi connectivity index (χ0) is 28.7. The molecular formula is C28H20CuN6O6. The van der Waals surface area contributed by atoms with Crippen molar-refractivity contribution in [2.45, 2.75) is 0 Å². The van der Waals surface area contributed by atoms with Crippen molar-refractivity contribution >= 4 is 24.8 Å². The minimum atomic E-state index is -1.75. The van der Waals surface area contributed by atoms with Crippen molar-refractivity contribution in [3.8, 4) is 0 Å². The largest absolute Gasteiger partial charge is 2.00 e. The van der Waals surface area contributed by atoms with Gasteiger partial charge in [-0.3, -0.25) is 20.0 Å². The second-order valence-corrected chi connectivity index (χ2v) is 7.72. The van der Waals surface area contributed by atoms with Gasteiger partial charge in [-0.2, -0.15) is 0 Å². The Morgan fingerprint density at radius 3 is 0.756 bits per heavy atom. The summed E-state index contributed by atoms with van der Waals surface area (Å²) in [4.78, 5) is 35.5. The van der Waals surface area contributed by atoms with Crippen LogP contribution < -0.4 is 42.3 Å². The van der Waals surface area contributed by atoms with E-state index in [-0.39, 0.29) is 17.1 Å². The first-order valence-electron chi connectivity index (χ1n) is 11.5. The van der Waals surface area contributed by atoms with E-state index in [0.29, 0.717) is 0 Å². The van der Waals surface area contributed by atoms with E-state index in [2.05, 4.69) is 0 Å². The average Bonchev–Trinajstić information content (AvgIpc) is 2.93. The quantitative estimate of drug-likeness (QED) is 0.152. The van der Waals surface area contributed by atoms with Crippen LogP contribution >= 0.6 is 0 Å². The molecule has 0 aromatic heterocycles. The minimum absolute atomic E-state index is 0. The van der Waals surface area contributed by atoms with E-state index >= 15 is 0 Å². The van der Waals surface area contributed by atoms with Gasteiger partial charge in [0.2, 0.25) is 0 Å². The number of hydrogen-bond acceptors (Lipinski definition) is 10. The fourth-order valence-corrected chi connectivity index (χ4v) is 3.41. The molecular weight excluding hydrogens is 580 g/mol. The molecule has 4 aromatic carbocycles. The summed E-state index contributed by atoms with van der Waals surface area (Å²) >= 11 is 0. The SMILES string of the molecule is C1=c2ccccc2=N/C=c2/cccc/c2=N/C=c2/cccc/c2=N/C=c2/ccccc2=N1.O=[N+]([O-])[O-].O=[N+]([O-])[O-].[Cu+2]. The summed E-state index contributed by atoms with van der Waals surface area (Å²) in [6.07, 6.45) is 7.40. The molecule has 0 bridgehead atoms. The maximum absolute atomic E-state index is 8.25. The summed E-state index contributed by atoms with van der Waals surface area (Å²) in [6.45, 7) is 0. The van der Waals surface area contributed by atoms with Crippen molar-refractivity contribution in [2.75, 3.05) is 0 Å². The van der Waals surface area contributed by atoms with Crippen molar-refractivity contribution < 1.29 is 27.2 Å². The van der Waals surface area contributed by atoms with Crippen LogP contribution in [0.15, 0.2) is 117 Å². The zero-order valence-electron chi connectivity index (χ0n) is 21.0. The van der Waals surface area contributed by atoms with Gasteiger partial charge in [-0.05, 0) is 24.3 Å². The van der Waals surface area contributed by atoms with Crippen LogP contribution in [-0.2, 0) is 17.1 Å². The molecule has 1 radical (unpaired) electrons. The Kier molecular flexibility index (Phi) is 12.7. The van der Waals surface area contributed by atoms with E-state index in [1.165, 1.54) is 0 Å². The van der Waals surface area contributed by atoms with Crippen molar-refractivity contribution in [2.24, 2.45) is 20.0 Å². The predicted octanol–water partition coefficient (Wildman–Crippen LogP) is -0.249. The summed E-state index contributed by atoms with van der Waals surface area (Å²) in [5.74, 6) is 0. The summed E-state index contributed by atoms with van der Waals surface area (Å²) in [7, 11) is 0. The van der Waals surface area contributed by atoms with Gasteiger partial charge in [-0.15, -0.1) is 0 Å². The predicted molar refractivity (Wildman–Crippen MR) is 147 cm³/mol. The van der Waals surface area contributed by atoms with E-state index in [1.807, 2.05) is 122 Å². The molecule has 41 heavy (non-hydrogen) atoms. The number of nitrogens with zero attached hydrogens (tertiary/aromatic N) is 6. The molecule has 12 nitrogen and oxygen atoms in total. The molecule has 0 aliphatic carbocycles. The third-order valence-electron chi connectivity index (χ3n) is 5.12. The maximum Gasteiger partial charge on any atom is 2.00 e. The smallest absolute Gasteiger partial charge is 0.356 e. The molecule has 5 rings (SSSR count). The van der Waals surface area contributed by atoms with E-state index in [9.17, 15) is 0 Å². The number of fused-ring (bicyclic) bond motifs is 4. The third kappa shape index (κ3) is 10.6. The number of para-hydroxylation sites is 4. The monoisotopic (exact) mass is 599 g/mol. The van der Waals surface area contributed by atoms with Gasteiger partial charge < -0.3 is 30.6 Å². The van der Waals surface area contributed by atoms with E-state index in [0.717, 1.165) is 42.3 Å². The molecule has 0 saturated carbocycles. The van der Waals surface area contributed by atoms with Crippen LogP contribution in [0, 0.1) is 30.6 Å². The third-order valence-corrected chi connectivity index (χ3v) is 5.12. The topological polar surface area (TPSA) is 182 Å². The standard InChI is InChI=1S/C28H20N4.Cu.2NO3/c1-5-13-25-21(9-1)17-29-26-14-6-2-11-23(26)19-31-28-16-8-4-12-24(28)20-32-27-15-7-3-10-22(27)18-30-25;;2*2-1(3)4/h1-20H;;;/q;+2;2*-1/b21-17-,22-18-,23-19-,24-20?,29-17?,29-26-,30-18?,30-25-,31-19?,31-28?,32-20?,32-27?;;;. The summed E-state index contributed by atoms with van der Waals surface area (Å²) in [5, 5.41) is 36.6. The fraction of sp³-hybridized carbons (Fsp3) is 0. The molecule has 0 saturated heterocycles. The van der Waals surface area contributed by atoms with Crippen LogP contribution in [0.25, 0.3) is 24.8 Å². The Morgan fingerprint density at radius 2 is 0.561 bits per heavy atom. The van der Waals surface area contributed by atoms with Gasteiger partial charge in [0.05, 0.1) is 31.6 Å². The molecule has 13 heteroatoms. The van der Waals surface area contributed by atoms with Crippen molar-refractivity contribution in [3.05, 3.63) is 170 Å². The van der Waals surface area contributed by atoms with Crippen LogP contribution in [0.2, 0.25) is 0 Å². The Labute approximate surface area is 241 Å². The summed E-state index contributed by atoms with van der Waals surface area (Å²) < 4.78 is 0. The van der Waals surface area contributed by atoms with Gasteiger partial charge in [0.25, 0.3) is 0 Å². The average molecular weight is 600 g/mol. The fourth-order valence-electron chi connectivity index (χ4n) is 3.41. The minimum Gasteiger partial charge on any atom is -0.356 e. The molecule has 4 aromatic rings. The molecule has 0 fully saturated rings. The van der Waals surface area contributed by atoms with Gasteiger partial charge in [0, 0.05) is 45.7 Å². The van der Waals surface area contributed by atoms with Crippen molar-refractivity contribution in [1.82, 2.24) is 0 Å². The molecule has 0 N–H and O–H groups in total. The second kappa shape index (κ2) is 16.4. The Morgan fingerprint density at radius 1 is 0.390 bits per heavy atom. The zero-order valence-corrected chi connectivity index (χ0v) is 21.9. The molecule has 0 amide bonds. The summed E-state index contributed by atoms with van der Waals surface area (Å²) in [6, 6.07) is 31.8. The first-order chi connectivity index (χ1) is 19.3. The maximum atomic E-state index is 8.25. The first-order valence-corrected chi connectivity index (χ1v) is 11.5. The van der Waals surface area contributed by atoms with Gasteiger partial charge >= 0.3 is 17.1 Å². The molecule has 1 aliphatic heterocycles. The molecule has 0 spiro atoms. The van der Waals surface area contributed by atoms with Crippen LogP contribution in [0.4, 0.5) is 0 Å². The Hall–Kier alpha value is -5.52. The van der Waals surface area contributed by atoms with Gasteiger partial charge in [-0.1, -0.05) is 72.8 Å². The van der Waals surface area contributed by atoms with E-state index in [4.69, 9.17) is 50.6 Å². The molecule has 0 atom stereocenters. The van der Waals surface area contributed by atoms with Crippen LogP contribution in [0.1, 0.15) is 0 Å². The molecule has 0 unspecified atom stereocenters.